The highest BCUT2D eigenvalue weighted by molar-refractivity contribution is 6.31. The van der Waals surface area contributed by atoms with Crippen LogP contribution in [0.5, 0.6) is 5.75 Å². The Morgan fingerprint density at radius 2 is 1.82 bits per heavy atom. The predicted molar refractivity (Wildman–Crippen MR) is 132 cm³/mol. The molecule has 2 heterocycles. The maximum Gasteiger partial charge on any atom is 0.308 e. The fourth-order valence-corrected chi connectivity index (χ4v) is 3.86. The van der Waals surface area contributed by atoms with Gasteiger partial charge in [0.1, 0.15) is 11.3 Å². The topological polar surface area (TPSA) is 86.7 Å². The number of para-hydroxylation sites is 1. The molecule has 9 heteroatoms. The molecule has 0 aliphatic heterocycles. The Balaban J connectivity index is 1.72. The molecular weight excluding hydrogens is 477 g/mol. The van der Waals surface area contributed by atoms with Gasteiger partial charge in [0.2, 0.25) is 5.82 Å². The second-order valence-corrected chi connectivity index (χ2v) is 8.26. The number of ether oxygens (including phenoxy) is 1. The quantitative estimate of drug-likeness (QED) is 0.177. The molecule has 0 N–H and O–H groups in total. The molecule has 34 heavy (non-hydrogen) atoms. The van der Waals surface area contributed by atoms with Gasteiger partial charge in [0.05, 0.1) is 17.1 Å². The van der Waals surface area contributed by atoms with Gasteiger partial charge in [-0.1, -0.05) is 35.3 Å². The lowest BCUT2D eigenvalue weighted by atomic mass is 10.2. The summed E-state index contributed by atoms with van der Waals surface area (Å²) in [6.45, 7) is 1.29. The number of esters is 1. The van der Waals surface area contributed by atoms with Crippen molar-refractivity contribution in [2.24, 2.45) is 5.10 Å². The van der Waals surface area contributed by atoms with E-state index in [1.165, 1.54) is 13.1 Å². The molecule has 0 bridgehead atoms. The molecule has 0 atom stereocenters. The Morgan fingerprint density at radius 3 is 2.65 bits per heavy atom. The molecule has 5 rings (SSSR count). The van der Waals surface area contributed by atoms with Gasteiger partial charge in [0, 0.05) is 27.9 Å². The first-order valence-electron chi connectivity index (χ1n) is 10.1. The van der Waals surface area contributed by atoms with Gasteiger partial charge in [-0.3, -0.25) is 9.59 Å². The molecule has 0 aliphatic rings. The van der Waals surface area contributed by atoms with Crippen LogP contribution >= 0.6 is 23.2 Å². The Hall–Kier alpha value is -3.94. The summed E-state index contributed by atoms with van der Waals surface area (Å²) in [6, 6.07) is 18.6. The number of carbonyl (C=O) groups is 1. The zero-order valence-electron chi connectivity index (χ0n) is 17.7. The normalized spacial score (nSPS) is 11.5. The van der Waals surface area contributed by atoms with E-state index in [1.807, 2.05) is 0 Å². The minimum Gasteiger partial charge on any atom is -0.453 e. The van der Waals surface area contributed by atoms with Crippen LogP contribution in [0.3, 0.4) is 0 Å². The third kappa shape index (κ3) is 4.19. The van der Waals surface area contributed by atoms with Gasteiger partial charge in [-0.2, -0.15) is 9.78 Å². The number of furan rings is 1. The number of carbonyl (C=O) groups excluding carboxylic acids is 1. The van der Waals surface area contributed by atoms with E-state index in [-0.39, 0.29) is 11.6 Å². The predicted octanol–water partition coefficient (Wildman–Crippen LogP) is 5.92. The van der Waals surface area contributed by atoms with Gasteiger partial charge in [-0.05, 0) is 54.6 Å². The summed E-state index contributed by atoms with van der Waals surface area (Å²) >= 11 is 12.2. The lowest BCUT2D eigenvalue weighted by Crippen LogP contribution is -2.20. The van der Waals surface area contributed by atoms with Gasteiger partial charge in [0.15, 0.2) is 5.76 Å². The summed E-state index contributed by atoms with van der Waals surface area (Å²) in [5.41, 5.74) is 1.09. The Morgan fingerprint density at radius 1 is 1.06 bits per heavy atom. The molecule has 0 unspecified atom stereocenters. The molecule has 0 saturated carbocycles. The van der Waals surface area contributed by atoms with E-state index >= 15 is 0 Å². The average Bonchev–Trinajstić information content (AvgIpc) is 3.22. The number of halogens is 2. The van der Waals surface area contributed by atoms with E-state index < -0.39 is 11.5 Å². The number of fused-ring (bicyclic) bond motifs is 2. The van der Waals surface area contributed by atoms with E-state index in [0.717, 1.165) is 10.1 Å². The summed E-state index contributed by atoms with van der Waals surface area (Å²) in [7, 11) is 0. The second kappa shape index (κ2) is 8.78. The lowest BCUT2D eigenvalue weighted by Gasteiger charge is -2.08. The van der Waals surface area contributed by atoms with Crippen molar-refractivity contribution in [1.82, 2.24) is 9.66 Å². The molecule has 0 aliphatic carbocycles. The Kier molecular flexibility index (Phi) is 5.65. The molecule has 168 valence electrons. The third-order valence-electron chi connectivity index (χ3n) is 4.99. The van der Waals surface area contributed by atoms with Crippen LogP contribution in [0.25, 0.3) is 33.5 Å². The maximum atomic E-state index is 13.4. The zero-order valence-corrected chi connectivity index (χ0v) is 19.2. The highest BCUT2D eigenvalue weighted by Gasteiger charge is 2.17. The molecule has 7 nitrogen and oxygen atoms in total. The van der Waals surface area contributed by atoms with Gasteiger partial charge in [-0.25, -0.2) is 4.98 Å². The standard InChI is InChI=1S/C25H15Cl2N3O4/c1-14(31)33-22-9-7-18(27)11-16(22)13-28-30-24(29-20-5-3-2-4-19(20)25(30)32)23-12-15-10-17(26)6-8-21(15)34-23/h2-13H,1H3. The third-order valence-corrected chi connectivity index (χ3v) is 5.46. The van der Waals surface area contributed by atoms with Gasteiger partial charge in [-0.15, -0.1) is 0 Å². The van der Waals surface area contributed by atoms with Crippen molar-refractivity contribution in [3.63, 3.8) is 0 Å². The molecule has 3 aromatic carbocycles. The number of hydrogen-bond acceptors (Lipinski definition) is 6. The first kappa shape index (κ1) is 21.9. The summed E-state index contributed by atoms with van der Waals surface area (Å²) in [5, 5.41) is 6.49. The minimum atomic E-state index is -0.497. The van der Waals surface area contributed by atoms with Crippen molar-refractivity contribution < 1.29 is 13.9 Å². The molecule has 0 spiro atoms. The number of aromatic nitrogens is 2. The van der Waals surface area contributed by atoms with Crippen molar-refractivity contribution >= 4 is 57.3 Å². The minimum absolute atomic E-state index is 0.198. The summed E-state index contributed by atoms with van der Waals surface area (Å²) in [5.74, 6) is 0.289. The molecular formula is C25H15Cl2N3O4. The summed E-state index contributed by atoms with van der Waals surface area (Å²) in [6.07, 6.45) is 1.38. The number of benzene rings is 3. The van der Waals surface area contributed by atoms with E-state index in [0.29, 0.717) is 37.9 Å². The smallest absolute Gasteiger partial charge is 0.308 e. The molecule has 5 aromatic rings. The number of rotatable bonds is 4. The van der Waals surface area contributed by atoms with Crippen molar-refractivity contribution in [2.45, 2.75) is 6.92 Å². The van der Waals surface area contributed by atoms with Crippen LogP contribution in [0.2, 0.25) is 10.0 Å². The average molecular weight is 492 g/mol. The number of nitrogens with zero attached hydrogens (tertiary/aromatic N) is 3. The monoisotopic (exact) mass is 491 g/mol. The first-order valence-corrected chi connectivity index (χ1v) is 10.9. The zero-order chi connectivity index (χ0) is 23.8. The number of hydrogen-bond donors (Lipinski definition) is 0. The SMILES string of the molecule is CC(=O)Oc1ccc(Cl)cc1C=Nn1c(-c2cc3cc(Cl)ccc3o2)nc2ccccc2c1=O. The second-order valence-electron chi connectivity index (χ2n) is 7.38. The van der Waals surface area contributed by atoms with E-state index in [4.69, 9.17) is 32.4 Å². The van der Waals surface area contributed by atoms with Crippen molar-refractivity contribution in [2.75, 3.05) is 0 Å². The highest BCUT2D eigenvalue weighted by atomic mass is 35.5. The van der Waals surface area contributed by atoms with Crippen LogP contribution in [0.15, 0.2) is 81.0 Å². The highest BCUT2D eigenvalue weighted by Crippen LogP contribution is 2.29. The first-order chi connectivity index (χ1) is 16.4. The van der Waals surface area contributed by atoms with Crippen molar-refractivity contribution in [1.29, 1.82) is 0 Å². The lowest BCUT2D eigenvalue weighted by molar-refractivity contribution is -0.131. The van der Waals surface area contributed by atoms with Gasteiger partial charge in [0.25, 0.3) is 5.56 Å². The van der Waals surface area contributed by atoms with Crippen LogP contribution in [0.4, 0.5) is 0 Å². The summed E-state index contributed by atoms with van der Waals surface area (Å²) < 4.78 is 12.3. The van der Waals surface area contributed by atoms with Crippen LogP contribution in [-0.2, 0) is 4.79 Å². The molecule has 0 amide bonds. The summed E-state index contributed by atoms with van der Waals surface area (Å²) in [4.78, 5) is 29.5. The molecule has 0 fully saturated rings. The van der Waals surface area contributed by atoms with E-state index in [9.17, 15) is 9.59 Å². The van der Waals surface area contributed by atoms with Gasteiger partial charge >= 0.3 is 5.97 Å². The van der Waals surface area contributed by atoms with Crippen LogP contribution in [-0.4, -0.2) is 21.8 Å². The maximum absolute atomic E-state index is 13.4. The fraction of sp³-hybridized carbons (Fsp3) is 0.0400. The largest absolute Gasteiger partial charge is 0.453 e. The Bertz CT molecular complexity index is 1670. The molecule has 2 aromatic heterocycles. The van der Waals surface area contributed by atoms with Crippen molar-refractivity contribution in [3.05, 3.63) is 92.7 Å². The van der Waals surface area contributed by atoms with Crippen molar-refractivity contribution in [3.8, 4) is 17.3 Å². The molecule has 0 saturated heterocycles. The van der Waals surface area contributed by atoms with Gasteiger partial charge < -0.3 is 9.15 Å². The van der Waals surface area contributed by atoms with Crippen LogP contribution in [0, 0.1) is 0 Å². The Labute approximate surface area is 202 Å². The fourth-order valence-electron chi connectivity index (χ4n) is 3.50. The molecule has 0 radical (unpaired) electrons. The van der Waals surface area contributed by atoms with Crippen LogP contribution in [0.1, 0.15) is 12.5 Å². The van der Waals surface area contributed by atoms with E-state index in [1.54, 1.807) is 66.7 Å². The van der Waals surface area contributed by atoms with Crippen LogP contribution < -0.4 is 10.3 Å². The van der Waals surface area contributed by atoms with E-state index in [2.05, 4.69) is 10.1 Å².